The van der Waals surface area contributed by atoms with E-state index in [2.05, 4.69) is 15.8 Å². The predicted molar refractivity (Wildman–Crippen MR) is 18.7 cm³/mol. The van der Waals surface area contributed by atoms with Crippen molar-refractivity contribution in [3.63, 3.8) is 0 Å². The first-order valence-electron chi connectivity index (χ1n) is 1.12. The van der Waals surface area contributed by atoms with Crippen LogP contribution in [0.1, 0.15) is 0 Å². The maximum atomic E-state index is 9.40. The second-order valence-electron chi connectivity index (χ2n) is 0.528. The highest BCUT2D eigenvalue weighted by Gasteiger charge is 1.75. The molecule has 0 atom stereocenters. The van der Waals surface area contributed by atoms with Crippen LogP contribution in [0.25, 0.3) is 10.4 Å². The van der Waals surface area contributed by atoms with Gasteiger partial charge in [0, 0.05) is 10.0 Å². The highest BCUT2D eigenvalue weighted by Crippen LogP contribution is 1.63. The lowest BCUT2D eigenvalue weighted by molar-refractivity contribution is 0.256. The molecule has 2 N–H and O–H groups in total. The summed E-state index contributed by atoms with van der Waals surface area (Å²) in [6.07, 6.45) is 0. The predicted octanol–water partition coefficient (Wildman–Crippen LogP) is 0.375. The second kappa shape index (κ2) is 2.04. The smallest absolute Gasteiger partial charge is 0.305 e. The molecule has 0 rings (SSSR count). The van der Waals surface area contributed by atoms with Gasteiger partial charge >= 0.3 is 6.03 Å². The zero-order chi connectivity index (χ0) is 4.99. The van der Waals surface area contributed by atoms with E-state index >= 15 is 0 Å². The van der Waals surface area contributed by atoms with E-state index in [4.69, 9.17) is 5.53 Å². The highest BCUT2D eigenvalue weighted by atomic mass is 16.2. The number of carbonyl (C=O) groups excluding carboxylic acids is 1. The summed E-state index contributed by atoms with van der Waals surface area (Å²) in [6.45, 7) is 0. The third-order valence-corrected chi connectivity index (χ3v) is 0.143. The molecule has 0 aliphatic heterocycles. The Labute approximate surface area is 33.4 Å². The number of primary amides is 1. The first-order valence-corrected chi connectivity index (χ1v) is 1.12. The third-order valence-electron chi connectivity index (χ3n) is 0.143. The molecule has 0 saturated heterocycles. The molecular weight excluding hydrogens is 84.0 g/mol. The number of amides is 2. The SMILES string of the molecule is [N-]=[N+]=NC(N)=O. The zero-order valence-corrected chi connectivity index (χ0v) is 2.83. The fourth-order valence-corrected chi connectivity index (χ4v) is 0.0441. The molecule has 32 valence electrons. The van der Waals surface area contributed by atoms with Crippen LogP contribution in [0.15, 0.2) is 5.11 Å². The average molecular weight is 86.1 g/mol. The summed E-state index contributed by atoms with van der Waals surface area (Å²) in [7, 11) is 0. The topological polar surface area (TPSA) is 91.8 Å². The minimum Gasteiger partial charge on any atom is -0.364 e. The maximum absolute atomic E-state index is 9.40. The molecule has 0 aromatic rings. The molecule has 0 radical (unpaired) electrons. The van der Waals surface area contributed by atoms with Gasteiger partial charge in [-0.2, -0.15) is 0 Å². The Morgan fingerprint density at radius 3 is 2.50 bits per heavy atom. The van der Waals surface area contributed by atoms with Crippen LogP contribution in [0.3, 0.4) is 0 Å². The van der Waals surface area contributed by atoms with Crippen molar-refractivity contribution in [2.75, 3.05) is 0 Å². The lowest BCUT2D eigenvalue weighted by Gasteiger charge is -1.64. The van der Waals surface area contributed by atoms with Crippen molar-refractivity contribution in [1.29, 1.82) is 0 Å². The van der Waals surface area contributed by atoms with E-state index in [1.165, 1.54) is 0 Å². The number of urea groups is 1. The lowest BCUT2D eigenvalue weighted by atomic mass is 11.2. The highest BCUT2D eigenvalue weighted by molar-refractivity contribution is 5.72. The summed E-state index contributed by atoms with van der Waals surface area (Å²) in [5.41, 5.74) is 11.7. The number of nitrogens with zero attached hydrogens (tertiary/aromatic N) is 3. The van der Waals surface area contributed by atoms with Crippen molar-refractivity contribution in [2.24, 2.45) is 10.8 Å². The molecule has 0 unspecified atom stereocenters. The molecule has 6 heavy (non-hydrogen) atoms. The van der Waals surface area contributed by atoms with E-state index in [-0.39, 0.29) is 0 Å². The van der Waals surface area contributed by atoms with Gasteiger partial charge in [0.1, 0.15) is 0 Å². The van der Waals surface area contributed by atoms with Crippen LogP contribution < -0.4 is 5.73 Å². The minimum absolute atomic E-state index is 1.00. The summed E-state index contributed by atoms with van der Waals surface area (Å²) in [5, 5.41) is 2.44. The van der Waals surface area contributed by atoms with E-state index in [1.807, 2.05) is 0 Å². The summed E-state index contributed by atoms with van der Waals surface area (Å²) >= 11 is 0. The Balaban J connectivity index is 3.60. The first-order chi connectivity index (χ1) is 2.77. The van der Waals surface area contributed by atoms with E-state index in [1.54, 1.807) is 0 Å². The van der Waals surface area contributed by atoms with Crippen LogP contribution >= 0.6 is 0 Å². The molecular formula is CH2N4O. The lowest BCUT2D eigenvalue weighted by Crippen LogP contribution is -2.00. The molecule has 0 bridgehead atoms. The molecule has 0 aromatic heterocycles. The van der Waals surface area contributed by atoms with Crippen molar-refractivity contribution in [3.05, 3.63) is 10.4 Å². The number of rotatable bonds is 0. The van der Waals surface area contributed by atoms with Gasteiger partial charge in [-0.1, -0.05) is 0 Å². The van der Waals surface area contributed by atoms with Crippen LogP contribution in [-0.4, -0.2) is 6.03 Å². The third kappa shape index (κ3) is 2.78. The first kappa shape index (κ1) is 4.78. The van der Waals surface area contributed by atoms with E-state index in [9.17, 15) is 4.79 Å². The van der Waals surface area contributed by atoms with E-state index in [0.717, 1.165) is 0 Å². The quantitative estimate of drug-likeness (QED) is 0.257. The fourth-order valence-electron chi connectivity index (χ4n) is 0.0441. The standard InChI is InChI=1S/CH2N4O/c2-1(6)4-5-3/h(H2,2,6). The van der Waals surface area contributed by atoms with Crippen LogP contribution in [0, 0.1) is 0 Å². The van der Waals surface area contributed by atoms with Gasteiger partial charge in [0.05, 0.1) is 0 Å². The monoisotopic (exact) mass is 86.0 g/mol. The van der Waals surface area contributed by atoms with Crippen molar-refractivity contribution in [3.8, 4) is 0 Å². The fraction of sp³-hybridized carbons (Fsp3) is 0. The molecule has 2 amide bonds. The Hall–Kier alpha value is -1.22. The van der Waals surface area contributed by atoms with Gasteiger partial charge < -0.3 is 5.73 Å². The number of hydrogen-bond acceptors (Lipinski definition) is 1. The molecule has 0 fully saturated rings. The molecule has 5 heteroatoms. The molecule has 0 heterocycles. The summed E-state index contributed by atoms with van der Waals surface area (Å²) in [6, 6.07) is -1.00. The Morgan fingerprint density at radius 2 is 2.50 bits per heavy atom. The van der Waals surface area contributed by atoms with Crippen molar-refractivity contribution in [1.82, 2.24) is 0 Å². The molecule has 0 aromatic carbocycles. The van der Waals surface area contributed by atoms with E-state index < -0.39 is 6.03 Å². The van der Waals surface area contributed by atoms with Gasteiger partial charge in [-0.3, -0.25) is 4.79 Å². The number of nitrogens with two attached hydrogens (primary N) is 1. The van der Waals surface area contributed by atoms with Crippen LogP contribution in [0.2, 0.25) is 0 Å². The molecule has 0 saturated carbocycles. The van der Waals surface area contributed by atoms with Gasteiger partial charge in [0.25, 0.3) is 0 Å². The van der Waals surface area contributed by atoms with Gasteiger partial charge in [-0.15, -0.1) is 0 Å². The van der Waals surface area contributed by atoms with Gasteiger partial charge in [0.15, 0.2) is 0 Å². The molecule has 0 spiro atoms. The summed E-state index contributed by atoms with van der Waals surface area (Å²) < 4.78 is 0. The van der Waals surface area contributed by atoms with Crippen LogP contribution in [0.5, 0.6) is 0 Å². The Kier molecular flexibility index (Phi) is 1.63. The van der Waals surface area contributed by atoms with Crippen molar-refractivity contribution >= 4 is 6.03 Å². The van der Waals surface area contributed by atoms with Crippen molar-refractivity contribution < 1.29 is 4.79 Å². The van der Waals surface area contributed by atoms with Gasteiger partial charge in [-0.25, -0.2) is 0 Å². The van der Waals surface area contributed by atoms with Crippen LogP contribution in [0.4, 0.5) is 4.79 Å². The Bertz CT molecular complexity index is 100. The average Bonchev–Trinajstić information content (AvgIpc) is 1.35. The number of hydrogen-bond donors (Lipinski definition) is 1. The molecule has 0 aliphatic rings. The molecule has 0 aliphatic carbocycles. The number of carbonyl (C=O) groups is 1. The van der Waals surface area contributed by atoms with E-state index in [0.29, 0.717) is 0 Å². The minimum atomic E-state index is -1.00. The largest absolute Gasteiger partial charge is 0.364 e. The number of azide groups is 1. The Morgan fingerprint density at radius 1 is 2.00 bits per heavy atom. The van der Waals surface area contributed by atoms with Gasteiger partial charge in [0.2, 0.25) is 0 Å². The summed E-state index contributed by atoms with van der Waals surface area (Å²) in [4.78, 5) is 11.5. The maximum Gasteiger partial charge on any atom is 0.305 e. The summed E-state index contributed by atoms with van der Waals surface area (Å²) in [5.74, 6) is 0. The van der Waals surface area contributed by atoms with Crippen molar-refractivity contribution in [2.45, 2.75) is 0 Å². The van der Waals surface area contributed by atoms with Crippen LogP contribution in [-0.2, 0) is 0 Å². The second-order valence-corrected chi connectivity index (χ2v) is 0.528. The van der Waals surface area contributed by atoms with Gasteiger partial charge in [-0.05, 0) is 5.53 Å². The molecule has 5 nitrogen and oxygen atoms in total. The zero-order valence-electron chi connectivity index (χ0n) is 2.83. The normalized spacial score (nSPS) is 6.00.